The van der Waals surface area contributed by atoms with Crippen LogP contribution in [-0.2, 0) is 4.84 Å². The summed E-state index contributed by atoms with van der Waals surface area (Å²) < 4.78 is 0. The SMILES string of the molecule is C=CCC(NOC(C)c1ccccc1)c1ccccc1. The summed E-state index contributed by atoms with van der Waals surface area (Å²) in [6, 6.07) is 20.6. The normalized spacial score (nSPS) is 13.7. The summed E-state index contributed by atoms with van der Waals surface area (Å²) >= 11 is 0. The number of rotatable bonds is 7. The molecule has 0 aliphatic heterocycles. The second-order valence-corrected chi connectivity index (χ2v) is 4.78. The lowest BCUT2D eigenvalue weighted by atomic mass is 10.1. The van der Waals surface area contributed by atoms with Crippen molar-refractivity contribution >= 4 is 0 Å². The molecule has 0 radical (unpaired) electrons. The van der Waals surface area contributed by atoms with Crippen LogP contribution in [0.15, 0.2) is 73.3 Å². The molecule has 2 aromatic rings. The van der Waals surface area contributed by atoms with Crippen molar-refractivity contribution in [3.05, 3.63) is 84.4 Å². The van der Waals surface area contributed by atoms with Gasteiger partial charge in [-0.2, -0.15) is 5.48 Å². The molecule has 20 heavy (non-hydrogen) atoms. The Morgan fingerprint density at radius 1 is 1.00 bits per heavy atom. The molecule has 0 aliphatic rings. The lowest BCUT2D eigenvalue weighted by molar-refractivity contribution is -0.0370. The first-order chi connectivity index (χ1) is 9.81. The standard InChI is InChI=1S/C18H21NO/c1-3-10-18(17-13-8-5-9-14-17)19-20-15(2)16-11-6-4-7-12-16/h3-9,11-15,18-19H,1,10H2,2H3. The summed E-state index contributed by atoms with van der Waals surface area (Å²) in [5.74, 6) is 0. The zero-order valence-corrected chi connectivity index (χ0v) is 11.8. The van der Waals surface area contributed by atoms with Gasteiger partial charge in [0.1, 0.15) is 6.10 Å². The van der Waals surface area contributed by atoms with Crippen molar-refractivity contribution in [3.63, 3.8) is 0 Å². The minimum atomic E-state index is 0.00669. The second kappa shape index (κ2) is 7.63. The van der Waals surface area contributed by atoms with E-state index >= 15 is 0 Å². The first kappa shape index (κ1) is 14.5. The van der Waals surface area contributed by atoms with Crippen LogP contribution in [0, 0.1) is 0 Å². The monoisotopic (exact) mass is 267 g/mol. The van der Waals surface area contributed by atoms with Crippen molar-refractivity contribution < 1.29 is 4.84 Å². The van der Waals surface area contributed by atoms with E-state index < -0.39 is 0 Å². The lowest BCUT2D eigenvalue weighted by Gasteiger charge is -2.21. The van der Waals surface area contributed by atoms with E-state index in [9.17, 15) is 0 Å². The van der Waals surface area contributed by atoms with Crippen molar-refractivity contribution in [3.8, 4) is 0 Å². The third kappa shape index (κ3) is 4.05. The summed E-state index contributed by atoms with van der Waals surface area (Å²) in [4.78, 5) is 5.80. The van der Waals surface area contributed by atoms with Crippen molar-refractivity contribution in [1.82, 2.24) is 5.48 Å². The molecule has 0 bridgehead atoms. The first-order valence-corrected chi connectivity index (χ1v) is 6.93. The molecule has 0 saturated carbocycles. The maximum atomic E-state index is 5.80. The van der Waals surface area contributed by atoms with Crippen molar-refractivity contribution in [2.24, 2.45) is 0 Å². The van der Waals surface area contributed by atoms with Gasteiger partial charge in [-0.05, 0) is 24.5 Å². The van der Waals surface area contributed by atoms with Crippen LogP contribution in [0.2, 0.25) is 0 Å². The molecule has 1 N–H and O–H groups in total. The Labute approximate surface area is 121 Å². The van der Waals surface area contributed by atoms with E-state index in [0.717, 1.165) is 12.0 Å². The second-order valence-electron chi connectivity index (χ2n) is 4.78. The molecule has 0 fully saturated rings. The van der Waals surface area contributed by atoms with Gasteiger partial charge in [-0.1, -0.05) is 66.7 Å². The van der Waals surface area contributed by atoms with Crippen molar-refractivity contribution in [1.29, 1.82) is 0 Å². The summed E-state index contributed by atoms with van der Waals surface area (Å²) in [5, 5.41) is 0. The van der Waals surface area contributed by atoms with Gasteiger partial charge in [0.05, 0.1) is 6.04 Å². The molecule has 104 valence electrons. The van der Waals surface area contributed by atoms with Gasteiger partial charge in [-0.15, -0.1) is 6.58 Å². The van der Waals surface area contributed by atoms with Crippen molar-refractivity contribution in [2.75, 3.05) is 0 Å². The van der Waals surface area contributed by atoms with Gasteiger partial charge < -0.3 is 0 Å². The van der Waals surface area contributed by atoms with E-state index in [0.29, 0.717) is 0 Å². The van der Waals surface area contributed by atoms with Crippen LogP contribution < -0.4 is 5.48 Å². The highest BCUT2D eigenvalue weighted by Gasteiger charge is 2.12. The van der Waals surface area contributed by atoms with Crippen LogP contribution >= 0.6 is 0 Å². The van der Waals surface area contributed by atoms with Crippen molar-refractivity contribution in [2.45, 2.75) is 25.5 Å². The molecule has 0 saturated heterocycles. The van der Waals surface area contributed by atoms with Crippen LogP contribution in [0.4, 0.5) is 0 Å². The minimum absolute atomic E-state index is 0.00669. The Kier molecular flexibility index (Phi) is 5.54. The number of benzene rings is 2. The lowest BCUT2D eigenvalue weighted by Crippen LogP contribution is -2.23. The highest BCUT2D eigenvalue weighted by molar-refractivity contribution is 5.19. The highest BCUT2D eigenvalue weighted by atomic mass is 16.7. The van der Waals surface area contributed by atoms with E-state index in [-0.39, 0.29) is 12.1 Å². The Morgan fingerprint density at radius 3 is 2.10 bits per heavy atom. The summed E-state index contributed by atoms with van der Waals surface area (Å²) in [5.41, 5.74) is 5.52. The Balaban J connectivity index is 1.97. The van der Waals surface area contributed by atoms with Gasteiger partial charge in [0, 0.05) is 0 Å². The van der Waals surface area contributed by atoms with Crippen LogP contribution in [0.25, 0.3) is 0 Å². The Hall–Kier alpha value is -1.90. The Bertz CT molecular complexity index is 509. The fraction of sp³-hybridized carbons (Fsp3) is 0.222. The average Bonchev–Trinajstić information content (AvgIpc) is 2.53. The van der Waals surface area contributed by atoms with Gasteiger partial charge in [0.25, 0.3) is 0 Å². The molecule has 2 aromatic carbocycles. The first-order valence-electron chi connectivity index (χ1n) is 6.93. The molecular formula is C18H21NO. The molecule has 0 aromatic heterocycles. The number of hydrogen-bond donors (Lipinski definition) is 1. The van der Waals surface area contributed by atoms with E-state index in [1.54, 1.807) is 0 Å². The zero-order chi connectivity index (χ0) is 14.2. The predicted molar refractivity (Wildman–Crippen MR) is 83.1 cm³/mol. The molecule has 0 aliphatic carbocycles. The molecule has 0 spiro atoms. The van der Waals surface area contributed by atoms with E-state index in [2.05, 4.69) is 36.3 Å². The fourth-order valence-corrected chi connectivity index (χ4v) is 2.08. The van der Waals surface area contributed by atoms with Crippen LogP contribution in [0.1, 0.15) is 36.6 Å². The van der Waals surface area contributed by atoms with Gasteiger partial charge in [0.2, 0.25) is 0 Å². The summed E-state index contributed by atoms with van der Waals surface area (Å²) in [7, 11) is 0. The molecule has 2 rings (SSSR count). The van der Waals surface area contributed by atoms with Gasteiger partial charge >= 0.3 is 0 Å². The number of hydroxylamine groups is 1. The fourth-order valence-electron chi connectivity index (χ4n) is 2.08. The predicted octanol–water partition coefficient (Wildman–Crippen LogP) is 4.59. The largest absolute Gasteiger partial charge is 0.293 e. The minimum Gasteiger partial charge on any atom is -0.293 e. The number of hydrogen-bond acceptors (Lipinski definition) is 2. The topological polar surface area (TPSA) is 21.3 Å². The Morgan fingerprint density at radius 2 is 1.55 bits per heavy atom. The summed E-state index contributed by atoms with van der Waals surface area (Å²) in [6.07, 6.45) is 2.74. The quantitative estimate of drug-likeness (QED) is 0.585. The molecule has 0 amide bonds. The van der Waals surface area contributed by atoms with Gasteiger partial charge in [-0.3, -0.25) is 4.84 Å². The summed E-state index contributed by atoms with van der Waals surface area (Å²) in [6.45, 7) is 5.86. The number of nitrogens with one attached hydrogen (secondary N) is 1. The van der Waals surface area contributed by atoms with E-state index in [1.165, 1.54) is 5.56 Å². The molecule has 2 atom stereocenters. The molecule has 2 unspecified atom stereocenters. The van der Waals surface area contributed by atoms with Gasteiger partial charge in [0.15, 0.2) is 0 Å². The third-order valence-corrected chi connectivity index (χ3v) is 3.26. The maximum Gasteiger partial charge on any atom is 0.101 e. The van der Waals surface area contributed by atoms with Crippen LogP contribution in [0.3, 0.4) is 0 Å². The van der Waals surface area contributed by atoms with Crippen LogP contribution in [-0.4, -0.2) is 0 Å². The molecule has 0 heterocycles. The van der Waals surface area contributed by atoms with E-state index in [4.69, 9.17) is 4.84 Å². The molecule has 2 heteroatoms. The van der Waals surface area contributed by atoms with Crippen LogP contribution in [0.5, 0.6) is 0 Å². The zero-order valence-electron chi connectivity index (χ0n) is 11.8. The maximum absolute atomic E-state index is 5.80. The smallest absolute Gasteiger partial charge is 0.101 e. The average molecular weight is 267 g/mol. The molecular weight excluding hydrogens is 246 g/mol. The van der Waals surface area contributed by atoms with Gasteiger partial charge in [-0.25, -0.2) is 0 Å². The third-order valence-electron chi connectivity index (χ3n) is 3.26. The highest BCUT2D eigenvalue weighted by Crippen LogP contribution is 2.20. The molecule has 2 nitrogen and oxygen atoms in total. The van der Waals surface area contributed by atoms with E-state index in [1.807, 2.05) is 49.4 Å².